The van der Waals surface area contributed by atoms with Crippen LogP contribution in [0.2, 0.25) is 0 Å². The van der Waals surface area contributed by atoms with Crippen LogP contribution in [0.4, 0.5) is 38.0 Å². The molecule has 20 heteroatoms. The number of aromatic nitrogens is 4. The van der Waals surface area contributed by atoms with Gasteiger partial charge in [0.05, 0.1) is 36.3 Å². The molecule has 0 saturated heterocycles. The zero-order chi connectivity index (χ0) is 29.5. The zero-order valence-corrected chi connectivity index (χ0v) is 21.6. The lowest BCUT2D eigenvalue weighted by atomic mass is 10.2. The van der Waals surface area contributed by atoms with Crippen LogP contribution in [0.15, 0.2) is 40.5 Å². The molecule has 1 aromatic carbocycles. The van der Waals surface area contributed by atoms with Gasteiger partial charge in [0, 0.05) is 17.0 Å². The number of fused-ring (bicyclic) bond motifs is 1. The summed E-state index contributed by atoms with van der Waals surface area (Å²) in [5.74, 6) is -0.164. The van der Waals surface area contributed by atoms with Crippen molar-refractivity contribution in [3.63, 3.8) is 0 Å². The minimum Gasteiger partial charge on any atom is -0.368 e. The van der Waals surface area contributed by atoms with Gasteiger partial charge in [-0.25, -0.2) is 14.9 Å². The van der Waals surface area contributed by atoms with Crippen LogP contribution in [0.3, 0.4) is 0 Å². The highest BCUT2D eigenvalue weighted by Gasteiger charge is 2.52. The number of hydrogen-bond acceptors (Lipinski definition) is 10. The summed E-state index contributed by atoms with van der Waals surface area (Å²) < 4.78 is 95.0. The van der Waals surface area contributed by atoms with Crippen molar-refractivity contribution < 1.29 is 50.3 Å². The third-order valence-electron chi connectivity index (χ3n) is 5.69. The smallest absolute Gasteiger partial charge is 0.368 e. The van der Waals surface area contributed by atoms with E-state index in [-0.39, 0.29) is 42.2 Å². The van der Waals surface area contributed by atoms with Gasteiger partial charge in [0.2, 0.25) is 5.95 Å². The minimum absolute atomic E-state index is 0.117. The van der Waals surface area contributed by atoms with E-state index < -0.39 is 49.0 Å². The Bertz CT molecular complexity index is 1430. The predicted molar refractivity (Wildman–Crippen MR) is 126 cm³/mol. The van der Waals surface area contributed by atoms with Gasteiger partial charge in [-0.05, 0) is 25.0 Å². The molecule has 1 fully saturated rings. The van der Waals surface area contributed by atoms with E-state index in [9.17, 15) is 45.9 Å². The molecule has 3 N–H and O–H groups in total. The van der Waals surface area contributed by atoms with Gasteiger partial charge in [0.15, 0.2) is 5.65 Å². The summed E-state index contributed by atoms with van der Waals surface area (Å²) >= 11 is 1.09. The maximum absolute atomic E-state index is 12.8. The maximum Gasteiger partial charge on any atom is 0.390 e. The first-order chi connectivity index (χ1) is 18.5. The molecule has 1 aliphatic rings. The van der Waals surface area contributed by atoms with Crippen molar-refractivity contribution in [2.45, 2.75) is 65.8 Å². The van der Waals surface area contributed by atoms with Crippen molar-refractivity contribution in [1.82, 2.24) is 19.5 Å². The molecular weight excluding hydrogens is 597 g/mol. The van der Waals surface area contributed by atoms with Gasteiger partial charge in [0.25, 0.3) is 5.69 Å². The molecule has 2 heterocycles. The molecule has 1 unspecified atom stereocenters. The van der Waals surface area contributed by atoms with Gasteiger partial charge in [0.1, 0.15) is 16.1 Å². The molecule has 1 saturated carbocycles. The Balaban J connectivity index is 1.50. The van der Waals surface area contributed by atoms with Crippen LogP contribution in [-0.2, 0) is 20.7 Å². The maximum atomic E-state index is 12.8. The van der Waals surface area contributed by atoms with E-state index in [1.54, 1.807) is 0 Å². The molecule has 2 aromatic heterocycles. The van der Waals surface area contributed by atoms with Crippen molar-refractivity contribution in [3.05, 3.63) is 40.7 Å². The number of alkyl halides is 6. The Kier molecular flexibility index (Phi) is 8.07. The fraction of sp³-hybridized carbons (Fsp3) is 0.450. The Hall–Kier alpha value is -2.99. The van der Waals surface area contributed by atoms with Crippen molar-refractivity contribution in [2.24, 2.45) is 0 Å². The van der Waals surface area contributed by atoms with Crippen LogP contribution < -0.4 is 5.73 Å². The lowest BCUT2D eigenvalue weighted by Crippen LogP contribution is -2.28. The first-order valence-electron chi connectivity index (χ1n) is 11.2. The minimum atomic E-state index is -5.53. The number of non-ortho nitro benzene ring substituents is 1. The number of anilines is 1. The molecule has 1 aliphatic carbocycles. The highest BCUT2D eigenvalue weighted by Crippen LogP contribution is 2.57. The Morgan fingerprint density at radius 3 is 2.27 bits per heavy atom. The molecular formula is C20H19F6N6O6PS. The van der Waals surface area contributed by atoms with Crippen LogP contribution in [0, 0.1) is 10.1 Å². The number of imidazole rings is 1. The van der Waals surface area contributed by atoms with Gasteiger partial charge in [-0.2, -0.15) is 31.3 Å². The molecule has 0 radical (unpaired) electrons. The normalized spacial score (nSPS) is 16.8. The summed E-state index contributed by atoms with van der Waals surface area (Å²) in [4.78, 5) is 38.3. The quantitative estimate of drug-likeness (QED) is 0.0706. The number of nitrogen functional groups attached to an aromatic ring is 1. The number of nitrogens with zero attached hydrogens (tertiary/aromatic N) is 5. The summed E-state index contributed by atoms with van der Waals surface area (Å²) in [6, 6.07) is 5.58. The topological polar surface area (TPSA) is 169 Å². The van der Waals surface area contributed by atoms with E-state index in [4.69, 9.17) is 10.6 Å². The summed E-state index contributed by atoms with van der Waals surface area (Å²) in [7, 11) is -5.53. The fourth-order valence-corrected chi connectivity index (χ4v) is 5.75. The summed E-state index contributed by atoms with van der Waals surface area (Å²) in [6.07, 6.45) is -13.0. The number of nitrogens with two attached hydrogens (primary N) is 1. The van der Waals surface area contributed by atoms with E-state index >= 15 is 0 Å². The monoisotopic (exact) mass is 616 g/mol. The molecule has 218 valence electrons. The van der Waals surface area contributed by atoms with Crippen LogP contribution in [0.5, 0.6) is 0 Å². The van der Waals surface area contributed by atoms with Crippen LogP contribution >= 0.6 is 19.4 Å². The zero-order valence-electron chi connectivity index (χ0n) is 19.9. The van der Waals surface area contributed by atoms with E-state index in [0.717, 1.165) is 11.8 Å². The third-order valence-corrected chi connectivity index (χ3v) is 8.26. The molecule has 3 aromatic rings. The fourth-order valence-electron chi connectivity index (χ4n) is 3.62. The second kappa shape index (κ2) is 10.8. The lowest BCUT2D eigenvalue weighted by molar-refractivity contribution is -0.384. The highest BCUT2D eigenvalue weighted by molar-refractivity contribution is 7.99. The van der Waals surface area contributed by atoms with E-state index in [1.807, 2.05) is 0 Å². The molecule has 40 heavy (non-hydrogen) atoms. The molecule has 0 amide bonds. The number of rotatable bonds is 11. The molecule has 4 rings (SSSR count). The van der Waals surface area contributed by atoms with Crippen molar-refractivity contribution >= 4 is 42.2 Å². The van der Waals surface area contributed by atoms with Gasteiger partial charge in [-0.1, -0.05) is 11.8 Å². The van der Waals surface area contributed by atoms with Gasteiger partial charge >= 0.3 is 19.9 Å². The average molecular weight is 616 g/mol. The average Bonchev–Trinajstić information content (AvgIpc) is 3.48. The van der Waals surface area contributed by atoms with Crippen molar-refractivity contribution in [1.29, 1.82) is 0 Å². The largest absolute Gasteiger partial charge is 0.390 e. The Morgan fingerprint density at radius 1 is 1.15 bits per heavy atom. The number of halogens is 6. The molecule has 0 bridgehead atoms. The summed E-state index contributed by atoms with van der Waals surface area (Å²) in [6.45, 7) is -0.148. The van der Waals surface area contributed by atoms with Gasteiger partial charge in [-0.15, -0.1) is 4.67 Å². The predicted octanol–water partition coefficient (Wildman–Crippen LogP) is 5.41. The Morgan fingerprint density at radius 2 is 1.75 bits per heavy atom. The first kappa shape index (κ1) is 30.0. The summed E-state index contributed by atoms with van der Waals surface area (Å²) in [5, 5.41) is 11.2. The molecule has 0 spiro atoms. The van der Waals surface area contributed by atoms with Crippen molar-refractivity contribution in [2.75, 3.05) is 5.73 Å². The van der Waals surface area contributed by atoms with E-state index in [2.05, 4.69) is 19.6 Å². The lowest BCUT2D eigenvalue weighted by Gasteiger charge is -2.25. The SMILES string of the molecule is Nc1nc(Sc2ccc([N+](=O)[O-])cc2)c2ncn(CC3(OOP(=O)(O)C(CC(F)(F)F)CC(F)(F)F)CC3)c2n1. The van der Waals surface area contributed by atoms with E-state index in [0.29, 0.717) is 9.92 Å². The van der Waals surface area contributed by atoms with Crippen molar-refractivity contribution in [3.8, 4) is 0 Å². The van der Waals surface area contributed by atoms with Crippen LogP contribution in [-0.4, -0.2) is 52.9 Å². The summed E-state index contributed by atoms with van der Waals surface area (Å²) in [5.41, 5.74) is 1.99. The second-order valence-corrected chi connectivity index (χ2v) is 12.1. The van der Waals surface area contributed by atoms with E-state index in [1.165, 1.54) is 35.2 Å². The Labute approximate surface area is 224 Å². The molecule has 1 atom stereocenters. The third kappa shape index (κ3) is 7.60. The standard InChI is InChI=1S/C20H19F6N6O6PS/c21-19(22,23)7-12(8-20(24,25)26)39(35,36)38-37-18(5-6-18)9-31-10-28-14-15(31)29-17(27)30-16(14)40-13-3-1-11(2-4-13)32(33)34/h1-4,10,12H,5-9H2,(H,35,36)(H2,27,29,30). The highest BCUT2D eigenvalue weighted by atomic mass is 32.2. The number of benzene rings is 1. The number of nitro groups is 1. The number of nitro benzene ring substituents is 1. The van der Waals surface area contributed by atoms with Gasteiger partial charge < -0.3 is 15.2 Å². The number of hydrogen-bond donors (Lipinski definition) is 2. The van der Waals surface area contributed by atoms with Gasteiger partial charge in [-0.3, -0.25) is 14.7 Å². The second-order valence-electron chi connectivity index (χ2n) is 8.98. The molecule has 0 aliphatic heterocycles. The first-order valence-corrected chi connectivity index (χ1v) is 13.7. The van der Waals surface area contributed by atoms with Crippen LogP contribution in [0.25, 0.3) is 11.2 Å². The van der Waals surface area contributed by atoms with Crippen LogP contribution in [0.1, 0.15) is 25.7 Å². The molecule has 12 nitrogen and oxygen atoms in total.